The molecule has 0 aliphatic carbocycles. The van der Waals surface area contributed by atoms with Gasteiger partial charge in [0.15, 0.2) is 0 Å². The smallest absolute Gasteiger partial charge is 0.242 e. The minimum Gasteiger partial charge on any atom is -0.494 e. The van der Waals surface area contributed by atoms with Crippen LogP contribution in [-0.2, 0) is 10.0 Å². The van der Waals surface area contributed by atoms with Crippen LogP contribution in [0.25, 0.3) is 0 Å². The summed E-state index contributed by atoms with van der Waals surface area (Å²) < 4.78 is 32.5. The van der Waals surface area contributed by atoms with Gasteiger partial charge in [-0.25, -0.2) is 8.42 Å². The second-order valence-electron chi connectivity index (χ2n) is 5.16. The van der Waals surface area contributed by atoms with Crippen molar-refractivity contribution in [1.29, 1.82) is 5.26 Å². The van der Waals surface area contributed by atoms with Crippen molar-refractivity contribution in [3.63, 3.8) is 0 Å². The van der Waals surface area contributed by atoms with Crippen molar-refractivity contribution in [2.45, 2.75) is 45.1 Å². The highest BCUT2D eigenvalue weighted by molar-refractivity contribution is 7.89. The summed E-state index contributed by atoms with van der Waals surface area (Å²) >= 11 is 0. The molecule has 0 saturated heterocycles. The first-order valence-electron chi connectivity index (χ1n) is 6.32. The Morgan fingerprint density at radius 1 is 1.30 bits per heavy atom. The summed E-state index contributed by atoms with van der Waals surface area (Å²) in [5.74, 6) is 0.670. The molecule has 0 fully saturated rings. The number of hydrogen-bond donors (Lipinski definition) is 1. The van der Waals surface area contributed by atoms with Gasteiger partial charge in [-0.3, -0.25) is 0 Å². The number of nitriles is 1. The Hall–Kier alpha value is -1.58. The number of aryl methyl sites for hydroxylation is 2. The first-order valence-corrected chi connectivity index (χ1v) is 7.80. The van der Waals surface area contributed by atoms with Crippen molar-refractivity contribution in [3.8, 4) is 11.8 Å². The summed E-state index contributed by atoms with van der Waals surface area (Å²) in [7, 11) is -3.74. The molecule has 5 nitrogen and oxygen atoms in total. The zero-order chi connectivity index (χ0) is 15.6. The van der Waals surface area contributed by atoms with Gasteiger partial charge in [0, 0.05) is 0 Å². The van der Waals surface area contributed by atoms with Crippen molar-refractivity contribution in [1.82, 2.24) is 4.72 Å². The molecule has 1 rings (SSSR count). The van der Waals surface area contributed by atoms with Crippen molar-refractivity contribution in [2.24, 2.45) is 0 Å². The van der Waals surface area contributed by atoms with Gasteiger partial charge in [0.2, 0.25) is 10.0 Å². The molecule has 0 amide bonds. The van der Waals surface area contributed by atoms with Crippen molar-refractivity contribution in [2.75, 3.05) is 6.61 Å². The van der Waals surface area contributed by atoms with Crippen LogP contribution >= 0.6 is 0 Å². The lowest BCUT2D eigenvalue weighted by Crippen LogP contribution is -2.42. The fourth-order valence-electron chi connectivity index (χ4n) is 1.78. The second-order valence-corrected chi connectivity index (χ2v) is 6.81. The number of sulfonamides is 1. The van der Waals surface area contributed by atoms with Gasteiger partial charge in [-0.2, -0.15) is 9.98 Å². The van der Waals surface area contributed by atoms with Crippen LogP contribution in [0.2, 0.25) is 0 Å². The van der Waals surface area contributed by atoms with Crippen molar-refractivity contribution >= 4 is 10.0 Å². The predicted octanol–water partition coefficient (Wildman–Crippen LogP) is 2.28. The van der Waals surface area contributed by atoms with Crippen LogP contribution in [0.3, 0.4) is 0 Å². The van der Waals surface area contributed by atoms with E-state index < -0.39 is 15.6 Å². The largest absolute Gasteiger partial charge is 0.494 e. The van der Waals surface area contributed by atoms with Crippen LogP contribution in [-0.4, -0.2) is 20.6 Å². The Morgan fingerprint density at radius 2 is 1.90 bits per heavy atom. The Kier molecular flexibility index (Phi) is 4.79. The average molecular weight is 296 g/mol. The van der Waals surface area contributed by atoms with Gasteiger partial charge in [-0.1, -0.05) is 0 Å². The van der Waals surface area contributed by atoms with E-state index in [-0.39, 0.29) is 4.90 Å². The molecule has 0 saturated carbocycles. The van der Waals surface area contributed by atoms with Gasteiger partial charge in [-0.15, -0.1) is 0 Å². The first kappa shape index (κ1) is 16.5. The molecule has 0 unspecified atom stereocenters. The summed E-state index contributed by atoms with van der Waals surface area (Å²) in [6, 6.07) is 5.18. The van der Waals surface area contributed by atoms with Crippen molar-refractivity contribution in [3.05, 3.63) is 23.3 Å². The van der Waals surface area contributed by atoms with Crippen LogP contribution in [0.5, 0.6) is 5.75 Å². The van der Waals surface area contributed by atoms with Gasteiger partial charge in [0.05, 0.1) is 17.6 Å². The van der Waals surface area contributed by atoms with Crippen LogP contribution in [0.4, 0.5) is 0 Å². The van der Waals surface area contributed by atoms with Crippen LogP contribution in [0.1, 0.15) is 31.9 Å². The first-order chi connectivity index (χ1) is 9.13. The average Bonchev–Trinajstić information content (AvgIpc) is 2.32. The lowest BCUT2D eigenvalue weighted by molar-refractivity contribution is 0.337. The molecule has 0 aliphatic heterocycles. The number of nitrogens with one attached hydrogen (secondary N) is 1. The fourth-order valence-corrected chi connectivity index (χ4v) is 3.42. The maximum atomic E-state index is 12.3. The van der Waals surface area contributed by atoms with Gasteiger partial charge < -0.3 is 4.74 Å². The predicted molar refractivity (Wildman–Crippen MR) is 77.1 cm³/mol. The number of nitrogens with zero attached hydrogens (tertiary/aromatic N) is 1. The third-order valence-electron chi connectivity index (χ3n) is 2.73. The van der Waals surface area contributed by atoms with E-state index in [2.05, 4.69) is 4.72 Å². The highest BCUT2D eigenvalue weighted by Gasteiger charge is 2.27. The van der Waals surface area contributed by atoms with E-state index >= 15 is 0 Å². The molecule has 1 N–H and O–H groups in total. The minimum absolute atomic E-state index is 0.168. The fraction of sp³-hybridized carbons (Fsp3) is 0.500. The molecule has 1 aromatic carbocycles. The third-order valence-corrected chi connectivity index (χ3v) is 4.53. The molecule has 20 heavy (non-hydrogen) atoms. The van der Waals surface area contributed by atoms with Crippen molar-refractivity contribution < 1.29 is 13.2 Å². The number of rotatable bonds is 5. The summed E-state index contributed by atoms with van der Waals surface area (Å²) in [5, 5.41) is 8.95. The lowest BCUT2D eigenvalue weighted by atomic mass is 10.1. The molecule has 0 bridgehead atoms. The quantitative estimate of drug-likeness (QED) is 0.904. The van der Waals surface area contributed by atoms with E-state index in [1.54, 1.807) is 26.0 Å². The topological polar surface area (TPSA) is 79.2 Å². The molecule has 6 heteroatoms. The summed E-state index contributed by atoms with van der Waals surface area (Å²) in [6.07, 6.45) is 0. The van der Waals surface area contributed by atoms with Crippen LogP contribution in [0, 0.1) is 25.2 Å². The Morgan fingerprint density at radius 3 is 2.40 bits per heavy atom. The SMILES string of the molecule is CCOc1cc(C)c(S(=O)(=O)NC(C)(C)C#N)cc1C. The van der Waals surface area contributed by atoms with Gasteiger partial charge in [0.1, 0.15) is 11.3 Å². The van der Waals surface area contributed by atoms with E-state index in [0.29, 0.717) is 17.9 Å². The second kappa shape index (κ2) is 5.81. The van der Waals surface area contributed by atoms with E-state index in [9.17, 15) is 8.42 Å². The molecule has 110 valence electrons. The minimum atomic E-state index is -3.74. The van der Waals surface area contributed by atoms with E-state index in [4.69, 9.17) is 10.00 Å². The van der Waals surface area contributed by atoms with E-state index in [1.807, 2.05) is 13.0 Å². The molecule has 0 aromatic heterocycles. The number of hydrogen-bond acceptors (Lipinski definition) is 4. The van der Waals surface area contributed by atoms with Gasteiger partial charge in [0.25, 0.3) is 0 Å². The Balaban J connectivity index is 3.27. The van der Waals surface area contributed by atoms with Crippen LogP contribution < -0.4 is 9.46 Å². The van der Waals surface area contributed by atoms with Crippen LogP contribution in [0.15, 0.2) is 17.0 Å². The normalized spacial score (nSPS) is 12.0. The monoisotopic (exact) mass is 296 g/mol. The zero-order valence-electron chi connectivity index (χ0n) is 12.4. The molecule has 0 spiro atoms. The number of ether oxygens (including phenoxy) is 1. The third kappa shape index (κ3) is 3.71. The van der Waals surface area contributed by atoms with E-state index in [0.717, 1.165) is 5.56 Å². The summed E-state index contributed by atoms with van der Waals surface area (Å²) in [4.78, 5) is 0.168. The Bertz CT molecular complexity index is 643. The Labute approximate surface area is 120 Å². The lowest BCUT2D eigenvalue weighted by Gasteiger charge is -2.19. The maximum Gasteiger partial charge on any atom is 0.242 e. The van der Waals surface area contributed by atoms with Gasteiger partial charge in [-0.05, 0) is 57.9 Å². The molecular formula is C14H20N2O3S. The molecular weight excluding hydrogens is 276 g/mol. The van der Waals surface area contributed by atoms with E-state index in [1.165, 1.54) is 13.8 Å². The standard InChI is InChI=1S/C14H20N2O3S/c1-6-19-12-7-11(3)13(8-10(12)2)20(17,18)16-14(4,5)9-15/h7-8,16H,6H2,1-5H3. The molecule has 1 aromatic rings. The molecule has 0 atom stereocenters. The number of benzene rings is 1. The summed E-state index contributed by atoms with van der Waals surface area (Å²) in [6.45, 7) is 8.92. The van der Waals surface area contributed by atoms with Gasteiger partial charge >= 0.3 is 0 Å². The molecule has 0 heterocycles. The molecule has 0 radical (unpaired) electrons. The highest BCUT2D eigenvalue weighted by Crippen LogP contribution is 2.26. The molecule has 0 aliphatic rings. The maximum absolute atomic E-state index is 12.3. The zero-order valence-corrected chi connectivity index (χ0v) is 13.3. The summed E-state index contributed by atoms with van der Waals surface area (Å²) in [5.41, 5.74) is 0.172. The highest BCUT2D eigenvalue weighted by atomic mass is 32.2.